The average Bonchev–Trinajstić information content (AvgIpc) is 3.25. The molecular formula is C19H18N4S. The van der Waals surface area contributed by atoms with E-state index in [1.54, 1.807) is 11.3 Å². The van der Waals surface area contributed by atoms with Gasteiger partial charge >= 0.3 is 0 Å². The minimum absolute atomic E-state index is 0.600. The molecule has 0 saturated carbocycles. The molecule has 5 heteroatoms. The molecule has 0 fully saturated rings. The first kappa shape index (κ1) is 15.0. The zero-order valence-corrected chi connectivity index (χ0v) is 14.1. The molecule has 1 aromatic carbocycles. The number of hydrogen-bond acceptors (Lipinski definition) is 4. The third kappa shape index (κ3) is 3.06. The molecular weight excluding hydrogens is 316 g/mol. The fraction of sp³-hybridized carbons (Fsp3) is 0.263. The van der Waals surface area contributed by atoms with Crippen LogP contribution >= 0.6 is 11.3 Å². The first-order chi connectivity index (χ1) is 11.8. The van der Waals surface area contributed by atoms with Crippen molar-refractivity contribution in [2.75, 3.05) is 11.9 Å². The van der Waals surface area contributed by atoms with Crippen LogP contribution < -0.4 is 5.32 Å². The van der Waals surface area contributed by atoms with Crippen molar-refractivity contribution < 1.29 is 0 Å². The van der Waals surface area contributed by atoms with E-state index in [-0.39, 0.29) is 0 Å². The maximum atomic E-state index is 8.90. The number of thiophene rings is 1. The van der Waals surface area contributed by atoms with E-state index in [0.29, 0.717) is 11.5 Å². The fourth-order valence-corrected chi connectivity index (χ4v) is 4.09. The number of fused-ring (bicyclic) bond motifs is 1. The van der Waals surface area contributed by atoms with Gasteiger partial charge in [-0.05, 0) is 53.5 Å². The van der Waals surface area contributed by atoms with E-state index in [4.69, 9.17) is 5.26 Å². The van der Waals surface area contributed by atoms with Crippen LogP contribution in [0.1, 0.15) is 22.4 Å². The number of imidazole rings is 1. The molecule has 2 aromatic heterocycles. The quantitative estimate of drug-likeness (QED) is 0.791. The largest absolute Gasteiger partial charge is 0.376 e. The molecule has 0 bridgehead atoms. The highest BCUT2D eigenvalue weighted by molar-refractivity contribution is 7.14. The van der Waals surface area contributed by atoms with Gasteiger partial charge in [0.05, 0.1) is 23.0 Å². The highest BCUT2D eigenvalue weighted by Crippen LogP contribution is 2.31. The highest BCUT2D eigenvalue weighted by Gasteiger charge is 2.20. The van der Waals surface area contributed by atoms with E-state index in [2.05, 4.69) is 32.4 Å². The van der Waals surface area contributed by atoms with Crippen molar-refractivity contribution in [3.05, 3.63) is 70.6 Å². The summed E-state index contributed by atoms with van der Waals surface area (Å²) in [6.45, 7) is 1.82. The normalized spacial score (nSPS) is 16.2. The van der Waals surface area contributed by atoms with Crippen molar-refractivity contribution >= 4 is 16.3 Å². The molecule has 24 heavy (non-hydrogen) atoms. The van der Waals surface area contributed by atoms with Gasteiger partial charge in [0, 0.05) is 25.0 Å². The number of hydrogen-bond donors (Lipinski definition) is 1. The number of nitrogens with zero attached hydrogens (tertiary/aromatic N) is 3. The second kappa shape index (κ2) is 6.50. The Morgan fingerprint density at radius 3 is 3.00 bits per heavy atom. The Labute approximate surface area is 145 Å². The summed E-state index contributed by atoms with van der Waals surface area (Å²) in [5.41, 5.74) is 4.60. The SMILES string of the molecule is N#Cc1ccc(Cn2cncc2CC2CNc3sccc3C2)cc1. The Morgan fingerprint density at radius 2 is 2.17 bits per heavy atom. The third-order valence-electron chi connectivity index (χ3n) is 4.54. The van der Waals surface area contributed by atoms with E-state index < -0.39 is 0 Å². The van der Waals surface area contributed by atoms with Gasteiger partial charge < -0.3 is 9.88 Å². The molecule has 0 radical (unpaired) electrons. The molecule has 1 unspecified atom stereocenters. The Bertz CT molecular complexity index is 869. The van der Waals surface area contributed by atoms with Crippen LogP contribution in [0.15, 0.2) is 48.2 Å². The third-order valence-corrected chi connectivity index (χ3v) is 5.45. The van der Waals surface area contributed by atoms with Gasteiger partial charge in [-0.15, -0.1) is 11.3 Å². The van der Waals surface area contributed by atoms with E-state index in [9.17, 15) is 0 Å². The molecule has 1 N–H and O–H groups in total. The maximum absolute atomic E-state index is 8.90. The van der Waals surface area contributed by atoms with Gasteiger partial charge in [-0.2, -0.15) is 5.26 Å². The summed E-state index contributed by atoms with van der Waals surface area (Å²) in [5.74, 6) is 0.600. The fourth-order valence-electron chi connectivity index (χ4n) is 3.25. The van der Waals surface area contributed by atoms with Gasteiger partial charge in [-0.3, -0.25) is 0 Å². The standard InChI is InChI=1S/C19H18N4S/c20-9-14-1-3-15(4-2-14)12-23-13-21-11-18(23)8-16-7-17-5-6-24-19(17)22-10-16/h1-6,11,13,16,22H,7-8,10,12H2. The van der Waals surface area contributed by atoms with Gasteiger partial charge in [0.1, 0.15) is 0 Å². The lowest BCUT2D eigenvalue weighted by Crippen LogP contribution is -2.24. The van der Waals surface area contributed by atoms with E-state index in [0.717, 1.165) is 25.9 Å². The summed E-state index contributed by atoms with van der Waals surface area (Å²) < 4.78 is 2.21. The maximum Gasteiger partial charge on any atom is 0.0991 e. The minimum Gasteiger partial charge on any atom is -0.376 e. The van der Waals surface area contributed by atoms with Crippen molar-refractivity contribution in [1.82, 2.24) is 9.55 Å². The molecule has 0 saturated heterocycles. The first-order valence-electron chi connectivity index (χ1n) is 8.10. The average molecular weight is 334 g/mol. The van der Waals surface area contributed by atoms with Crippen LogP contribution in [0.5, 0.6) is 0 Å². The Hall–Kier alpha value is -2.58. The number of anilines is 1. The van der Waals surface area contributed by atoms with Gasteiger partial charge in [0.25, 0.3) is 0 Å². The Morgan fingerprint density at radius 1 is 1.29 bits per heavy atom. The molecule has 1 atom stereocenters. The monoisotopic (exact) mass is 334 g/mol. The summed E-state index contributed by atoms with van der Waals surface area (Å²) in [6.07, 6.45) is 6.04. The van der Waals surface area contributed by atoms with Gasteiger partial charge in [-0.1, -0.05) is 12.1 Å². The predicted molar refractivity (Wildman–Crippen MR) is 96.2 cm³/mol. The smallest absolute Gasteiger partial charge is 0.0991 e. The number of aromatic nitrogens is 2. The van der Waals surface area contributed by atoms with Crippen molar-refractivity contribution in [1.29, 1.82) is 5.26 Å². The zero-order valence-electron chi connectivity index (χ0n) is 13.3. The number of nitriles is 1. The number of benzene rings is 1. The first-order valence-corrected chi connectivity index (χ1v) is 8.98. The molecule has 0 spiro atoms. The molecule has 4 rings (SSSR count). The lowest BCUT2D eigenvalue weighted by Gasteiger charge is -2.24. The van der Waals surface area contributed by atoms with Gasteiger partial charge in [0.2, 0.25) is 0 Å². The summed E-state index contributed by atoms with van der Waals surface area (Å²) in [5, 5.41) is 15.9. The molecule has 0 aliphatic carbocycles. The molecule has 0 amide bonds. The number of nitrogens with one attached hydrogen (secondary N) is 1. The predicted octanol–water partition coefficient (Wildman–Crippen LogP) is 3.69. The van der Waals surface area contributed by atoms with E-state index in [1.807, 2.05) is 36.8 Å². The molecule has 1 aliphatic heterocycles. The van der Waals surface area contributed by atoms with Crippen LogP contribution in [0, 0.1) is 17.2 Å². The Kier molecular flexibility index (Phi) is 4.06. The second-order valence-electron chi connectivity index (χ2n) is 6.25. The lowest BCUT2D eigenvalue weighted by molar-refractivity contribution is 0.518. The minimum atomic E-state index is 0.600. The molecule has 3 heterocycles. The van der Waals surface area contributed by atoms with Crippen molar-refractivity contribution in [3.63, 3.8) is 0 Å². The molecule has 1 aliphatic rings. The van der Waals surface area contributed by atoms with E-state index in [1.165, 1.54) is 21.8 Å². The number of rotatable bonds is 4. The topological polar surface area (TPSA) is 53.6 Å². The Balaban J connectivity index is 1.46. The molecule has 3 aromatic rings. The van der Waals surface area contributed by atoms with Crippen molar-refractivity contribution in [3.8, 4) is 6.07 Å². The summed E-state index contributed by atoms with van der Waals surface area (Å²) in [7, 11) is 0. The van der Waals surface area contributed by atoms with Crippen molar-refractivity contribution in [2.24, 2.45) is 5.92 Å². The van der Waals surface area contributed by atoms with Crippen LogP contribution in [0.3, 0.4) is 0 Å². The molecule has 120 valence electrons. The van der Waals surface area contributed by atoms with Crippen LogP contribution in [-0.4, -0.2) is 16.1 Å². The van der Waals surface area contributed by atoms with Gasteiger partial charge in [0.15, 0.2) is 0 Å². The zero-order chi connectivity index (χ0) is 16.4. The van der Waals surface area contributed by atoms with Crippen LogP contribution in [0.2, 0.25) is 0 Å². The summed E-state index contributed by atoms with van der Waals surface area (Å²) in [4.78, 5) is 4.34. The van der Waals surface area contributed by atoms with Crippen molar-refractivity contribution in [2.45, 2.75) is 19.4 Å². The van der Waals surface area contributed by atoms with Crippen LogP contribution in [-0.2, 0) is 19.4 Å². The lowest BCUT2D eigenvalue weighted by atomic mass is 9.93. The van der Waals surface area contributed by atoms with E-state index >= 15 is 0 Å². The highest BCUT2D eigenvalue weighted by atomic mass is 32.1. The summed E-state index contributed by atoms with van der Waals surface area (Å²) >= 11 is 1.79. The summed E-state index contributed by atoms with van der Waals surface area (Å²) in [6, 6.07) is 12.2. The molecule has 4 nitrogen and oxygen atoms in total. The second-order valence-corrected chi connectivity index (χ2v) is 7.17. The van der Waals surface area contributed by atoms with Crippen LogP contribution in [0.25, 0.3) is 0 Å². The van der Waals surface area contributed by atoms with Crippen LogP contribution in [0.4, 0.5) is 5.00 Å². The van der Waals surface area contributed by atoms with Gasteiger partial charge in [-0.25, -0.2) is 4.98 Å².